The normalized spacial score (nSPS) is 20.1. The third kappa shape index (κ3) is 3.13. The summed E-state index contributed by atoms with van der Waals surface area (Å²) in [7, 11) is 1.41. The van der Waals surface area contributed by atoms with Gasteiger partial charge in [-0.25, -0.2) is 8.42 Å². The first-order valence-corrected chi connectivity index (χ1v) is 8.74. The summed E-state index contributed by atoms with van der Waals surface area (Å²) < 4.78 is 22.8. The van der Waals surface area contributed by atoms with Gasteiger partial charge in [-0.1, -0.05) is 23.2 Å². The highest BCUT2D eigenvalue weighted by atomic mass is 79.9. The minimum Gasteiger partial charge on any atom is -0.279 e. The summed E-state index contributed by atoms with van der Waals surface area (Å²) in [6.45, 7) is -0.126. The van der Waals surface area contributed by atoms with Gasteiger partial charge in [0.2, 0.25) is 20.9 Å². The van der Waals surface area contributed by atoms with Crippen molar-refractivity contribution in [2.24, 2.45) is 0 Å². The van der Waals surface area contributed by atoms with E-state index < -0.39 is 20.2 Å². The molecular formula is C8H5BrCl3N3O3S. The van der Waals surface area contributed by atoms with Gasteiger partial charge >= 0.3 is 0 Å². The zero-order chi connectivity index (χ0) is 14.4. The molecule has 0 aromatic carbocycles. The van der Waals surface area contributed by atoms with Crippen molar-refractivity contribution in [1.29, 1.82) is 0 Å². The van der Waals surface area contributed by atoms with Crippen LogP contribution < -0.4 is 4.90 Å². The summed E-state index contributed by atoms with van der Waals surface area (Å²) in [5.41, 5.74) is 0. The van der Waals surface area contributed by atoms with Gasteiger partial charge in [-0.3, -0.25) is 9.69 Å². The van der Waals surface area contributed by atoms with Crippen molar-refractivity contribution in [3.63, 3.8) is 0 Å². The van der Waals surface area contributed by atoms with Crippen molar-refractivity contribution in [2.75, 3.05) is 11.4 Å². The third-order valence-corrected chi connectivity index (χ3v) is 6.11. The molecule has 1 aromatic heterocycles. The van der Waals surface area contributed by atoms with Crippen LogP contribution in [0, 0.1) is 0 Å². The highest BCUT2D eigenvalue weighted by Gasteiger charge is 2.39. The van der Waals surface area contributed by atoms with Crippen molar-refractivity contribution >= 4 is 70.7 Å². The average Bonchev–Trinajstić information content (AvgIpc) is 2.67. The van der Waals surface area contributed by atoms with E-state index in [0.717, 1.165) is 4.90 Å². The van der Waals surface area contributed by atoms with Gasteiger partial charge in [0.15, 0.2) is 0 Å². The minimum absolute atomic E-state index is 0.0278. The predicted molar refractivity (Wildman–Crippen MR) is 75.3 cm³/mol. The Morgan fingerprint density at radius 2 is 1.79 bits per heavy atom. The van der Waals surface area contributed by atoms with E-state index in [-0.39, 0.29) is 29.2 Å². The molecule has 0 radical (unpaired) electrons. The Kier molecular flexibility index (Phi) is 4.27. The highest BCUT2D eigenvalue weighted by Crippen LogP contribution is 2.31. The molecule has 1 aromatic rings. The van der Waals surface area contributed by atoms with Crippen LogP contribution in [0.1, 0.15) is 6.42 Å². The summed E-state index contributed by atoms with van der Waals surface area (Å²) in [6, 6.07) is 0. The maximum atomic E-state index is 11.8. The summed E-state index contributed by atoms with van der Waals surface area (Å²) in [5.74, 6) is -0.505. The maximum Gasteiger partial charge on any atom is 0.237 e. The monoisotopic (exact) mass is 407 g/mol. The first-order chi connectivity index (χ1) is 8.70. The number of hydrogen-bond acceptors (Lipinski definition) is 5. The molecule has 11 heteroatoms. The Morgan fingerprint density at radius 3 is 2.21 bits per heavy atom. The van der Waals surface area contributed by atoms with Crippen LogP contribution in [0.3, 0.4) is 0 Å². The van der Waals surface area contributed by atoms with E-state index in [1.54, 1.807) is 0 Å². The molecular weight excluding hydrogens is 404 g/mol. The van der Waals surface area contributed by atoms with Gasteiger partial charge in [0.25, 0.3) is 0 Å². The van der Waals surface area contributed by atoms with Gasteiger partial charge < -0.3 is 0 Å². The van der Waals surface area contributed by atoms with Gasteiger partial charge in [0.05, 0.1) is 4.47 Å². The van der Waals surface area contributed by atoms with Gasteiger partial charge in [-0.2, -0.15) is 9.97 Å². The molecule has 1 fully saturated rings. The molecule has 0 bridgehead atoms. The maximum absolute atomic E-state index is 11.8. The highest BCUT2D eigenvalue weighted by molar-refractivity contribution is 9.10. The molecule has 2 rings (SSSR count). The van der Waals surface area contributed by atoms with Crippen molar-refractivity contribution in [3.05, 3.63) is 14.8 Å². The molecule has 0 spiro atoms. The second kappa shape index (κ2) is 5.33. The second-order valence-electron chi connectivity index (χ2n) is 3.73. The molecule has 0 aliphatic carbocycles. The van der Waals surface area contributed by atoms with E-state index in [4.69, 9.17) is 33.9 Å². The topological polar surface area (TPSA) is 80.2 Å². The molecule has 104 valence electrons. The lowest BCUT2D eigenvalue weighted by Gasteiger charge is -2.14. The number of aromatic nitrogens is 2. The zero-order valence-corrected chi connectivity index (χ0v) is 13.6. The molecule has 1 atom stereocenters. The number of carbonyl (C=O) groups excluding carboxylic acids is 1. The third-order valence-electron chi connectivity index (χ3n) is 2.49. The largest absolute Gasteiger partial charge is 0.279 e. The summed E-state index contributed by atoms with van der Waals surface area (Å²) in [5, 5.41) is -0.938. The van der Waals surface area contributed by atoms with Crippen LogP contribution in [0.4, 0.5) is 5.95 Å². The number of hydrogen-bond donors (Lipinski definition) is 0. The van der Waals surface area contributed by atoms with Crippen LogP contribution >= 0.6 is 49.8 Å². The van der Waals surface area contributed by atoms with Crippen molar-refractivity contribution in [3.8, 4) is 0 Å². The van der Waals surface area contributed by atoms with Crippen molar-refractivity contribution in [1.82, 2.24) is 9.97 Å². The molecule has 0 N–H and O–H groups in total. The standard InChI is InChI=1S/C8H5BrCl3N3O3S/c9-5-6(10)13-8(14-7(5)11)15-2-3(1-4(15)16)19(12,17)18/h3H,1-2H2. The van der Waals surface area contributed by atoms with Crippen LogP contribution in [0.25, 0.3) is 0 Å². The number of nitrogens with zero attached hydrogens (tertiary/aromatic N) is 3. The molecule has 1 aliphatic heterocycles. The van der Waals surface area contributed by atoms with Crippen LogP contribution in [0.2, 0.25) is 10.3 Å². The van der Waals surface area contributed by atoms with E-state index in [0.29, 0.717) is 4.47 Å². The van der Waals surface area contributed by atoms with E-state index >= 15 is 0 Å². The van der Waals surface area contributed by atoms with Crippen LogP contribution in [0.15, 0.2) is 4.47 Å². The molecule has 1 unspecified atom stereocenters. The van der Waals surface area contributed by atoms with Gasteiger partial charge in [-0.05, 0) is 15.9 Å². The number of anilines is 1. The first-order valence-electron chi connectivity index (χ1n) is 4.82. The summed E-state index contributed by atoms with van der Waals surface area (Å²) >= 11 is 14.7. The van der Waals surface area contributed by atoms with Crippen LogP contribution in [-0.2, 0) is 13.8 Å². The lowest BCUT2D eigenvalue weighted by Crippen LogP contribution is -2.28. The predicted octanol–water partition coefficient (Wildman–Crippen LogP) is 2.22. The number of halogens is 4. The molecule has 1 amide bonds. The zero-order valence-electron chi connectivity index (χ0n) is 8.98. The molecule has 1 saturated heterocycles. The Morgan fingerprint density at radius 1 is 1.26 bits per heavy atom. The Balaban J connectivity index is 2.36. The molecule has 6 nitrogen and oxygen atoms in total. The Bertz CT molecular complexity index is 631. The Hall–Kier alpha value is -0.150. The van der Waals surface area contributed by atoms with Crippen LogP contribution in [0.5, 0.6) is 0 Å². The number of amides is 1. The minimum atomic E-state index is -3.83. The molecule has 2 heterocycles. The molecule has 1 aliphatic rings. The van der Waals surface area contributed by atoms with Gasteiger partial charge in [0.1, 0.15) is 15.6 Å². The van der Waals surface area contributed by atoms with Crippen LogP contribution in [-0.4, -0.2) is 36.1 Å². The van der Waals surface area contributed by atoms with Crippen molar-refractivity contribution in [2.45, 2.75) is 11.7 Å². The number of rotatable bonds is 2. The first kappa shape index (κ1) is 15.2. The second-order valence-corrected chi connectivity index (χ2v) is 8.14. The van der Waals surface area contributed by atoms with E-state index in [1.807, 2.05) is 0 Å². The van der Waals surface area contributed by atoms with E-state index in [9.17, 15) is 13.2 Å². The molecule has 0 saturated carbocycles. The Labute approximate surface area is 131 Å². The van der Waals surface area contributed by atoms with Gasteiger partial charge in [-0.15, -0.1) is 0 Å². The lowest BCUT2D eigenvalue weighted by atomic mass is 10.4. The quantitative estimate of drug-likeness (QED) is 0.553. The summed E-state index contributed by atoms with van der Waals surface area (Å²) in [6.07, 6.45) is -0.222. The fourth-order valence-electron chi connectivity index (χ4n) is 1.56. The molecule has 19 heavy (non-hydrogen) atoms. The lowest BCUT2D eigenvalue weighted by molar-refractivity contribution is -0.117. The van der Waals surface area contributed by atoms with E-state index in [2.05, 4.69) is 25.9 Å². The average molecular weight is 409 g/mol. The van der Waals surface area contributed by atoms with Gasteiger partial charge in [0, 0.05) is 23.6 Å². The fourth-order valence-corrected chi connectivity index (χ4v) is 3.14. The summed E-state index contributed by atoms with van der Waals surface area (Å²) in [4.78, 5) is 20.6. The van der Waals surface area contributed by atoms with E-state index in [1.165, 1.54) is 0 Å². The van der Waals surface area contributed by atoms with Crippen molar-refractivity contribution < 1.29 is 13.2 Å². The SMILES string of the molecule is O=C1CC(S(=O)(=O)Cl)CN1c1nc(Cl)c(Br)c(Cl)n1. The fraction of sp³-hybridized carbons (Fsp3) is 0.375. The number of carbonyl (C=O) groups is 1. The smallest absolute Gasteiger partial charge is 0.237 e.